The molecule has 1 aromatic heterocycles. The van der Waals surface area contributed by atoms with E-state index in [1.165, 1.54) is 16.9 Å². The highest BCUT2D eigenvalue weighted by atomic mass is 35.5. The minimum absolute atomic E-state index is 0.0901. The highest BCUT2D eigenvalue weighted by Gasteiger charge is 2.43. The molecule has 1 aliphatic heterocycles. The number of amides is 1. The van der Waals surface area contributed by atoms with Crippen molar-refractivity contribution in [3.05, 3.63) is 46.7 Å². The van der Waals surface area contributed by atoms with Gasteiger partial charge in [-0.05, 0) is 70.9 Å². The van der Waals surface area contributed by atoms with E-state index in [0.29, 0.717) is 48.7 Å². The van der Waals surface area contributed by atoms with E-state index in [1.54, 1.807) is 24.8 Å². The molecule has 10 heteroatoms. The molecule has 1 saturated carbocycles. The van der Waals surface area contributed by atoms with E-state index in [9.17, 15) is 14.7 Å². The molecule has 2 fully saturated rings. The molecule has 2 atom stereocenters. The van der Waals surface area contributed by atoms with Gasteiger partial charge in [0.1, 0.15) is 18.0 Å². The van der Waals surface area contributed by atoms with Gasteiger partial charge in [-0.2, -0.15) is 9.78 Å². The van der Waals surface area contributed by atoms with E-state index in [4.69, 9.17) is 25.8 Å². The lowest BCUT2D eigenvalue weighted by Crippen LogP contribution is -2.34. The van der Waals surface area contributed by atoms with Crippen molar-refractivity contribution in [1.29, 1.82) is 0 Å². The van der Waals surface area contributed by atoms with Gasteiger partial charge in [0.2, 0.25) is 0 Å². The molecule has 208 valence electrons. The molecule has 2 heterocycles. The highest BCUT2D eigenvalue weighted by molar-refractivity contribution is 6.32. The Morgan fingerprint density at radius 3 is 2.45 bits per heavy atom. The minimum atomic E-state index is -0.954. The molecule has 2 aromatic rings. The summed E-state index contributed by atoms with van der Waals surface area (Å²) in [5, 5.41) is 14.6. The number of aliphatic hydroxyl groups is 1. The number of nitrogens with zero attached hydrogens (tertiary/aromatic N) is 3. The minimum Gasteiger partial charge on any atom is -0.489 e. The Kier molecular flexibility index (Phi) is 8.40. The Hall–Kier alpha value is -2.62. The number of fused-ring (bicyclic) bond motifs is 1. The zero-order valence-corrected chi connectivity index (χ0v) is 23.5. The second-order valence-electron chi connectivity index (χ2n) is 11.6. The number of rotatable bonds is 9. The largest absolute Gasteiger partial charge is 0.489 e. The predicted octanol–water partition coefficient (Wildman–Crippen LogP) is 4.93. The molecule has 38 heavy (non-hydrogen) atoms. The average molecular weight is 548 g/mol. The number of likely N-dealkylation sites (tertiary alicyclic amines) is 1. The lowest BCUT2D eigenvalue weighted by Gasteiger charge is -2.22. The van der Waals surface area contributed by atoms with E-state index in [-0.39, 0.29) is 24.4 Å². The third kappa shape index (κ3) is 6.87. The van der Waals surface area contributed by atoms with Crippen LogP contribution in [-0.4, -0.2) is 68.8 Å². The van der Waals surface area contributed by atoms with Gasteiger partial charge in [-0.1, -0.05) is 30.7 Å². The van der Waals surface area contributed by atoms with E-state index >= 15 is 0 Å². The fraction of sp³-hybridized carbons (Fsp3) is 0.607. The molecule has 1 amide bonds. The van der Waals surface area contributed by atoms with Crippen molar-refractivity contribution in [3.63, 3.8) is 0 Å². The van der Waals surface area contributed by atoms with Crippen molar-refractivity contribution in [1.82, 2.24) is 14.7 Å². The van der Waals surface area contributed by atoms with E-state index in [0.717, 1.165) is 18.4 Å². The topological polar surface area (TPSA) is 103 Å². The Morgan fingerprint density at radius 2 is 1.82 bits per heavy atom. The van der Waals surface area contributed by atoms with Crippen molar-refractivity contribution in [2.75, 3.05) is 19.7 Å². The number of hydrogen-bond donors (Lipinski definition) is 1. The lowest BCUT2D eigenvalue weighted by molar-refractivity contribution is -0.00314. The number of halogens is 1. The average Bonchev–Trinajstić information content (AvgIpc) is 3.57. The summed E-state index contributed by atoms with van der Waals surface area (Å²) in [7, 11) is 0. The molecule has 0 radical (unpaired) electrons. The Balaban J connectivity index is 1.27. The molecule has 2 unspecified atom stereocenters. The fourth-order valence-corrected chi connectivity index (χ4v) is 5.07. The standard InChI is InChI=1S/C28H38ClN3O6/c1-6-28(4,5)38-25(33)22-10-11-32(30-22)26(34)31-14-19-12-21(13-20(19)15-31)36-16-18-8-7-9-23(24(18)29)37-17-27(2,3)35/h7-11,19-21,35H,6,12-17H2,1-5H3. The van der Waals surface area contributed by atoms with Crippen molar-refractivity contribution in [3.8, 4) is 5.75 Å². The quantitative estimate of drug-likeness (QED) is 0.444. The van der Waals surface area contributed by atoms with Gasteiger partial charge in [0.15, 0.2) is 5.69 Å². The summed E-state index contributed by atoms with van der Waals surface area (Å²) in [4.78, 5) is 27.2. The molecule has 0 bridgehead atoms. The number of aromatic nitrogens is 2. The third-order valence-corrected chi connectivity index (χ3v) is 7.72. The second-order valence-corrected chi connectivity index (χ2v) is 12.0. The van der Waals surface area contributed by atoms with Gasteiger partial charge in [0.05, 0.1) is 23.3 Å². The smallest absolute Gasteiger partial charge is 0.359 e. The van der Waals surface area contributed by atoms with Gasteiger partial charge in [0, 0.05) is 24.8 Å². The summed E-state index contributed by atoms with van der Waals surface area (Å²) >= 11 is 6.52. The molecule has 1 aliphatic carbocycles. The van der Waals surface area contributed by atoms with Crippen LogP contribution in [0.2, 0.25) is 5.02 Å². The summed E-state index contributed by atoms with van der Waals surface area (Å²) < 4.78 is 18.6. The second kappa shape index (κ2) is 11.2. The van der Waals surface area contributed by atoms with Gasteiger partial charge in [-0.15, -0.1) is 0 Å². The van der Waals surface area contributed by atoms with Crippen LogP contribution < -0.4 is 4.74 Å². The van der Waals surface area contributed by atoms with Crippen LogP contribution in [0.3, 0.4) is 0 Å². The summed E-state index contributed by atoms with van der Waals surface area (Å²) in [5.74, 6) is 0.699. The van der Waals surface area contributed by atoms with Gasteiger partial charge in [-0.3, -0.25) is 0 Å². The van der Waals surface area contributed by atoms with Crippen LogP contribution in [0.15, 0.2) is 30.5 Å². The first-order valence-corrected chi connectivity index (χ1v) is 13.6. The molecule has 1 saturated heterocycles. The number of ether oxygens (including phenoxy) is 3. The first-order chi connectivity index (χ1) is 17.8. The number of esters is 1. The number of carbonyl (C=O) groups is 2. The molecule has 9 nitrogen and oxygen atoms in total. The van der Waals surface area contributed by atoms with Crippen LogP contribution >= 0.6 is 11.6 Å². The molecule has 1 aromatic carbocycles. The van der Waals surface area contributed by atoms with E-state index in [1.807, 2.05) is 32.9 Å². The van der Waals surface area contributed by atoms with Crippen LogP contribution in [0.25, 0.3) is 0 Å². The number of benzene rings is 1. The fourth-order valence-electron chi connectivity index (χ4n) is 4.84. The molecule has 2 aliphatic rings. The predicted molar refractivity (Wildman–Crippen MR) is 142 cm³/mol. The normalized spacial score (nSPS) is 21.4. The first-order valence-electron chi connectivity index (χ1n) is 13.2. The van der Waals surface area contributed by atoms with Gasteiger partial charge in [-0.25, -0.2) is 9.59 Å². The summed E-state index contributed by atoms with van der Waals surface area (Å²) in [6.45, 7) is 10.7. The van der Waals surface area contributed by atoms with Gasteiger partial charge >= 0.3 is 12.0 Å². The SMILES string of the molecule is CCC(C)(C)OC(=O)c1ccn(C(=O)N2CC3CC(OCc4cccc(OCC(C)(C)O)c4Cl)CC3C2)n1. The first kappa shape index (κ1) is 28.4. The Morgan fingerprint density at radius 1 is 1.13 bits per heavy atom. The molecular weight excluding hydrogens is 510 g/mol. The zero-order chi connectivity index (χ0) is 27.7. The van der Waals surface area contributed by atoms with Crippen LogP contribution in [0.1, 0.15) is 69.9 Å². The lowest BCUT2D eigenvalue weighted by atomic mass is 10.0. The molecule has 1 N–H and O–H groups in total. The van der Waals surface area contributed by atoms with Crippen LogP contribution in [0.4, 0.5) is 4.79 Å². The maximum atomic E-state index is 13.0. The third-order valence-electron chi connectivity index (χ3n) is 7.29. The van der Waals surface area contributed by atoms with E-state index < -0.39 is 17.2 Å². The number of carbonyl (C=O) groups excluding carboxylic acids is 2. The highest BCUT2D eigenvalue weighted by Crippen LogP contribution is 2.40. The van der Waals surface area contributed by atoms with Crippen LogP contribution in [-0.2, 0) is 16.1 Å². The van der Waals surface area contributed by atoms with Gasteiger partial charge in [0.25, 0.3) is 0 Å². The zero-order valence-electron chi connectivity index (χ0n) is 22.8. The van der Waals surface area contributed by atoms with Crippen molar-refractivity contribution < 1.29 is 28.9 Å². The van der Waals surface area contributed by atoms with Crippen LogP contribution in [0, 0.1) is 11.8 Å². The van der Waals surface area contributed by atoms with Crippen molar-refractivity contribution in [2.24, 2.45) is 11.8 Å². The Bertz CT molecular complexity index is 1140. The maximum absolute atomic E-state index is 13.0. The van der Waals surface area contributed by atoms with Crippen molar-refractivity contribution >= 4 is 23.6 Å². The summed E-state index contributed by atoms with van der Waals surface area (Å²) in [5.41, 5.74) is -0.580. The Labute approximate surface area is 229 Å². The van der Waals surface area contributed by atoms with Crippen LogP contribution in [0.5, 0.6) is 5.75 Å². The van der Waals surface area contributed by atoms with E-state index in [2.05, 4.69) is 5.10 Å². The summed E-state index contributed by atoms with van der Waals surface area (Å²) in [6.07, 6.45) is 4.01. The van der Waals surface area contributed by atoms with Crippen molar-refractivity contribution in [2.45, 2.75) is 77.8 Å². The summed E-state index contributed by atoms with van der Waals surface area (Å²) in [6, 6.07) is 6.83. The monoisotopic (exact) mass is 547 g/mol. The maximum Gasteiger partial charge on any atom is 0.359 e. The molecule has 0 spiro atoms. The van der Waals surface area contributed by atoms with Gasteiger partial charge < -0.3 is 24.2 Å². The molecular formula is C28H38ClN3O6. The number of hydrogen-bond acceptors (Lipinski definition) is 7. The molecule has 4 rings (SSSR count).